The summed E-state index contributed by atoms with van der Waals surface area (Å²) in [6.45, 7) is 0. The van der Waals surface area contributed by atoms with Gasteiger partial charge >= 0.3 is 5.97 Å². The number of rotatable bonds is 2. The van der Waals surface area contributed by atoms with Crippen LogP contribution in [0.4, 0.5) is 0 Å². The van der Waals surface area contributed by atoms with E-state index in [2.05, 4.69) is 9.97 Å². The molecule has 1 aliphatic rings. The Bertz CT molecular complexity index is 557. The number of oxazole rings is 1. The van der Waals surface area contributed by atoms with Crippen molar-refractivity contribution in [3.05, 3.63) is 23.7 Å². The molecule has 0 bridgehead atoms. The summed E-state index contributed by atoms with van der Waals surface area (Å²) >= 11 is 0. The molecular formula is C11H10N2O3. The summed E-state index contributed by atoms with van der Waals surface area (Å²) in [5, 5.41) is 8.80. The molecule has 0 radical (unpaired) electrons. The molecule has 0 amide bonds. The highest BCUT2D eigenvalue weighted by atomic mass is 16.4. The maximum absolute atomic E-state index is 10.7. The third-order valence-corrected chi connectivity index (χ3v) is 2.94. The van der Waals surface area contributed by atoms with Crippen LogP contribution in [0.2, 0.25) is 0 Å². The molecule has 0 aromatic carbocycles. The van der Waals surface area contributed by atoms with Crippen LogP contribution in [0.1, 0.15) is 41.6 Å². The lowest BCUT2D eigenvalue weighted by atomic mass is 9.85. The van der Waals surface area contributed by atoms with E-state index in [1.165, 1.54) is 12.5 Å². The van der Waals surface area contributed by atoms with Crippen molar-refractivity contribution in [2.45, 2.75) is 25.2 Å². The van der Waals surface area contributed by atoms with Gasteiger partial charge in [0.05, 0.1) is 0 Å². The maximum atomic E-state index is 10.7. The van der Waals surface area contributed by atoms with E-state index >= 15 is 0 Å². The van der Waals surface area contributed by atoms with E-state index in [-0.39, 0.29) is 5.69 Å². The minimum Gasteiger partial charge on any atom is -0.477 e. The van der Waals surface area contributed by atoms with Crippen LogP contribution < -0.4 is 0 Å². The average molecular weight is 218 g/mol. The number of aromatic carboxylic acids is 1. The fourth-order valence-corrected chi connectivity index (χ4v) is 1.78. The normalized spacial score (nSPS) is 16.2. The van der Waals surface area contributed by atoms with Gasteiger partial charge in [-0.25, -0.2) is 9.78 Å². The summed E-state index contributed by atoms with van der Waals surface area (Å²) in [6, 6.07) is 3.04. The second-order valence-electron chi connectivity index (χ2n) is 4.00. The Hall–Kier alpha value is -1.91. The van der Waals surface area contributed by atoms with Crippen molar-refractivity contribution in [1.29, 1.82) is 0 Å². The first-order valence-electron chi connectivity index (χ1n) is 5.25. The Morgan fingerprint density at radius 2 is 2.19 bits per heavy atom. The summed E-state index contributed by atoms with van der Waals surface area (Å²) in [5.41, 5.74) is 0.953. The van der Waals surface area contributed by atoms with E-state index < -0.39 is 5.97 Å². The molecule has 1 fully saturated rings. The monoisotopic (exact) mass is 218 g/mol. The van der Waals surface area contributed by atoms with Crippen LogP contribution in [0.25, 0.3) is 11.2 Å². The highest BCUT2D eigenvalue weighted by Gasteiger charge is 2.25. The van der Waals surface area contributed by atoms with Gasteiger partial charge in [0, 0.05) is 5.92 Å². The predicted octanol–water partition coefficient (Wildman–Crippen LogP) is 2.19. The fourth-order valence-electron chi connectivity index (χ4n) is 1.78. The van der Waals surface area contributed by atoms with Gasteiger partial charge in [-0.15, -0.1) is 0 Å². The number of carboxylic acid groups (broad SMARTS) is 1. The zero-order valence-corrected chi connectivity index (χ0v) is 8.51. The van der Waals surface area contributed by atoms with Crippen LogP contribution in [0.3, 0.4) is 0 Å². The van der Waals surface area contributed by atoms with Crippen molar-refractivity contribution in [2.24, 2.45) is 0 Å². The molecule has 16 heavy (non-hydrogen) atoms. The van der Waals surface area contributed by atoms with E-state index in [0.717, 1.165) is 12.8 Å². The number of nitrogens with zero attached hydrogens (tertiary/aromatic N) is 2. The molecule has 1 saturated carbocycles. The molecule has 5 heteroatoms. The Morgan fingerprint density at radius 1 is 1.38 bits per heavy atom. The summed E-state index contributed by atoms with van der Waals surface area (Å²) in [6.07, 6.45) is 3.40. The van der Waals surface area contributed by atoms with Crippen LogP contribution in [-0.2, 0) is 0 Å². The Kier molecular flexibility index (Phi) is 1.92. The van der Waals surface area contributed by atoms with Gasteiger partial charge in [-0.05, 0) is 25.0 Å². The predicted molar refractivity (Wildman–Crippen MR) is 55.4 cm³/mol. The average Bonchev–Trinajstić information content (AvgIpc) is 2.56. The number of carbonyl (C=O) groups is 1. The highest BCUT2D eigenvalue weighted by molar-refractivity contribution is 5.87. The first kappa shape index (κ1) is 9.33. The van der Waals surface area contributed by atoms with E-state index in [1.807, 2.05) is 0 Å². The van der Waals surface area contributed by atoms with Crippen LogP contribution in [-0.4, -0.2) is 21.0 Å². The van der Waals surface area contributed by atoms with E-state index in [0.29, 0.717) is 23.0 Å². The lowest BCUT2D eigenvalue weighted by Crippen LogP contribution is -2.08. The number of carboxylic acids is 1. The zero-order valence-electron chi connectivity index (χ0n) is 8.51. The van der Waals surface area contributed by atoms with E-state index in [9.17, 15) is 4.79 Å². The van der Waals surface area contributed by atoms with Crippen molar-refractivity contribution in [2.75, 3.05) is 0 Å². The van der Waals surface area contributed by atoms with Crippen LogP contribution in [0, 0.1) is 0 Å². The van der Waals surface area contributed by atoms with Crippen molar-refractivity contribution in [3.8, 4) is 0 Å². The molecule has 0 spiro atoms. The maximum Gasteiger partial charge on any atom is 0.354 e. The topological polar surface area (TPSA) is 76.2 Å². The van der Waals surface area contributed by atoms with Crippen molar-refractivity contribution in [3.63, 3.8) is 0 Å². The highest BCUT2D eigenvalue weighted by Crippen LogP contribution is 2.36. The largest absolute Gasteiger partial charge is 0.477 e. The van der Waals surface area contributed by atoms with Crippen molar-refractivity contribution >= 4 is 17.2 Å². The van der Waals surface area contributed by atoms with E-state index in [4.69, 9.17) is 9.52 Å². The zero-order chi connectivity index (χ0) is 11.1. The second kappa shape index (κ2) is 3.30. The molecular weight excluding hydrogens is 208 g/mol. The molecule has 0 unspecified atom stereocenters. The summed E-state index contributed by atoms with van der Waals surface area (Å²) in [5.74, 6) is 0.0360. The standard InChI is InChI=1S/C11H10N2O3/c14-11(15)7-4-5-8-9(12-7)13-10(16-8)6-2-1-3-6/h4-6H,1-3H2,(H,14,15). The summed E-state index contributed by atoms with van der Waals surface area (Å²) in [7, 11) is 0. The number of hydrogen-bond donors (Lipinski definition) is 1. The second-order valence-corrected chi connectivity index (χ2v) is 4.00. The van der Waals surface area contributed by atoms with Crippen LogP contribution in [0.5, 0.6) is 0 Å². The number of hydrogen-bond acceptors (Lipinski definition) is 4. The van der Waals surface area contributed by atoms with Gasteiger partial charge in [-0.2, -0.15) is 4.98 Å². The number of pyridine rings is 1. The number of aromatic nitrogens is 2. The minimum absolute atomic E-state index is 0.000888. The quantitative estimate of drug-likeness (QED) is 0.836. The molecule has 2 aromatic rings. The van der Waals surface area contributed by atoms with Gasteiger partial charge in [0.25, 0.3) is 0 Å². The first-order chi connectivity index (χ1) is 7.74. The van der Waals surface area contributed by atoms with Gasteiger partial charge in [0.2, 0.25) is 0 Å². The van der Waals surface area contributed by atoms with Crippen molar-refractivity contribution < 1.29 is 14.3 Å². The molecule has 0 aliphatic heterocycles. The smallest absolute Gasteiger partial charge is 0.354 e. The van der Waals surface area contributed by atoms with Gasteiger partial charge < -0.3 is 9.52 Å². The SMILES string of the molecule is O=C(O)c1ccc2oc(C3CCC3)nc2n1. The number of fused-ring (bicyclic) bond motifs is 1. The molecule has 2 heterocycles. The first-order valence-corrected chi connectivity index (χ1v) is 5.25. The Balaban J connectivity index is 2.06. The molecule has 82 valence electrons. The molecule has 2 aromatic heterocycles. The summed E-state index contributed by atoms with van der Waals surface area (Å²) in [4.78, 5) is 18.9. The summed E-state index contributed by atoms with van der Waals surface area (Å²) < 4.78 is 5.54. The van der Waals surface area contributed by atoms with Gasteiger partial charge in [0.15, 0.2) is 22.8 Å². The van der Waals surface area contributed by atoms with Crippen LogP contribution >= 0.6 is 0 Å². The van der Waals surface area contributed by atoms with Crippen LogP contribution in [0.15, 0.2) is 16.5 Å². The van der Waals surface area contributed by atoms with Gasteiger partial charge in [-0.1, -0.05) is 6.42 Å². The van der Waals surface area contributed by atoms with Crippen molar-refractivity contribution in [1.82, 2.24) is 9.97 Å². The van der Waals surface area contributed by atoms with Gasteiger partial charge in [0.1, 0.15) is 0 Å². The molecule has 1 N–H and O–H groups in total. The minimum atomic E-state index is -1.05. The van der Waals surface area contributed by atoms with Gasteiger partial charge in [-0.3, -0.25) is 0 Å². The molecule has 0 saturated heterocycles. The third kappa shape index (κ3) is 1.36. The molecule has 0 atom stereocenters. The fraction of sp³-hybridized carbons (Fsp3) is 0.364. The lowest BCUT2D eigenvalue weighted by Gasteiger charge is -2.21. The Morgan fingerprint density at radius 3 is 2.81 bits per heavy atom. The Labute approximate surface area is 91.1 Å². The molecule has 1 aliphatic carbocycles. The molecule has 5 nitrogen and oxygen atoms in total. The third-order valence-electron chi connectivity index (χ3n) is 2.94. The lowest BCUT2D eigenvalue weighted by molar-refractivity contribution is 0.0691. The molecule has 3 rings (SSSR count). The van der Waals surface area contributed by atoms with E-state index in [1.54, 1.807) is 6.07 Å².